The summed E-state index contributed by atoms with van der Waals surface area (Å²) in [6, 6.07) is 5.46. The van der Waals surface area contributed by atoms with Gasteiger partial charge in [0.2, 0.25) is 0 Å². The summed E-state index contributed by atoms with van der Waals surface area (Å²) in [4.78, 5) is 0. The lowest BCUT2D eigenvalue weighted by Gasteiger charge is -2.06. The molecule has 2 rings (SSSR count). The first-order valence-electron chi connectivity index (χ1n) is 4.29. The molecular formula is C9H11NO2S. The van der Waals surface area contributed by atoms with Crippen molar-refractivity contribution in [3.8, 4) is 0 Å². The maximum absolute atomic E-state index is 11.3. The van der Waals surface area contributed by atoms with Crippen molar-refractivity contribution in [1.82, 2.24) is 0 Å². The molecule has 0 aromatic carbocycles. The highest BCUT2D eigenvalue weighted by Crippen LogP contribution is 2.25. The van der Waals surface area contributed by atoms with Gasteiger partial charge >= 0.3 is 0 Å². The molecule has 0 amide bonds. The van der Waals surface area contributed by atoms with Crippen LogP contribution in [0.1, 0.15) is 6.42 Å². The molecule has 1 saturated heterocycles. The molecule has 1 aliphatic heterocycles. The van der Waals surface area contributed by atoms with Crippen LogP contribution in [0.15, 0.2) is 29.4 Å². The van der Waals surface area contributed by atoms with Crippen LogP contribution in [0.3, 0.4) is 0 Å². The number of thioether (sulfide) groups is 1. The highest BCUT2D eigenvalue weighted by Gasteiger charge is 2.20. The third-order valence-corrected chi connectivity index (χ3v) is 3.23. The zero-order chi connectivity index (χ0) is 9.10. The normalized spacial score (nSPS) is 22.0. The maximum atomic E-state index is 11.3. The molecule has 0 radical (unpaired) electrons. The first kappa shape index (κ1) is 8.84. The zero-order valence-electron chi connectivity index (χ0n) is 7.18. The van der Waals surface area contributed by atoms with Crippen molar-refractivity contribution in [3.05, 3.63) is 29.6 Å². The number of nitrogens with zero attached hydrogens (tertiary/aromatic N) is 1. The van der Waals surface area contributed by atoms with Gasteiger partial charge in [-0.15, -0.1) is 0 Å². The molecule has 3 nitrogen and oxygen atoms in total. The molecule has 0 aliphatic carbocycles. The monoisotopic (exact) mass is 197 g/mol. The fourth-order valence-electron chi connectivity index (χ4n) is 1.28. The standard InChI is InChI=1S/C9H11NO2S/c11-10-5-2-1-3-9(10)13-8-4-6-12-7-8/h1-3,5,8H,4,6-7H2. The Morgan fingerprint density at radius 2 is 2.46 bits per heavy atom. The molecule has 1 aromatic rings. The molecule has 4 heteroatoms. The zero-order valence-corrected chi connectivity index (χ0v) is 8.00. The summed E-state index contributed by atoms with van der Waals surface area (Å²) in [7, 11) is 0. The Bertz CT molecular complexity index is 287. The van der Waals surface area contributed by atoms with E-state index >= 15 is 0 Å². The molecular weight excluding hydrogens is 186 g/mol. The fourth-order valence-corrected chi connectivity index (χ4v) is 2.32. The Hall–Kier alpha value is -0.740. The average molecular weight is 197 g/mol. The Morgan fingerprint density at radius 3 is 3.15 bits per heavy atom. The van der Waals surface area contributed by atoms with Gasteiger partial charge in [0.15, 0.2) is 6.20 Å². The molecule has 1 aliphatic rings. The Morgan fingerprint density at radius 1 is 1.54 bits per heavy atom. The lowest BCUT2D eigenvalue weighted by atomic mass is 10.4. The third kappa shape index (κ3) is 2.14. The van der Waals surface area contributed by atoms with Crippen molar-refractivity contribution in [2.45, 2.75) is 16.7 Å². The summed E-state index contributed by atoms with van der Waals surface area (Å²) < 4.78 is 6.14. The van der Waals surface area contributed by atoms with Crippen LogP contribution in [0.25, 0.3) is 0 Å². The number of hydrogen-bond acceptors (Lipinski definition) is 3. The average Bonchev–Trinajstić information content (AvgIpc) is 2.61. The van der Waals surface area contributed by atoms with E-state index in [9.17, 15) is 5.21 Å². The van der Waals surface area contributed by atoms with Gasteiger partial charge in [0.1, 0.15) is 0 Å². The predicted molar refractivity (Wildman–Crippen MR) is 50.5 cm³/mol. The van der Waals surface area contributed by atoms with Gasteiger partial charge in [-0.2, -0.15) is 4.73 Å². The predicted octanol–water partition coefficient (Wildman–Crippen LogP) is 1.20. The second-order valence-corrected chi connectivity index (χ2v) is 4.29. The lowest BCUT2D eigenvalue weighted by Crippen LogP contribution is -2.28. The fraction of sp³-hybridized carbons (Fsp3) is 0.444. The lowest BCUT2D eigenvalue weighted by molar-refractivity contribution is -0.645. The molecule has 1 aromatic heterocycles. The van der Waals surface area contributed by atoms with E-state index in [0.717, 1.165) is 29.4 Å². The highest BCUT2D eigenvalue weighted by atomic mass is 32.2. The highest BCUT2D eigenvalue weighted by molar-refractivity contribution is 7.99. The molecule has 0 saturated carbocycles. The number of ether oxygens (including phenoxy) is 1. The van der Waals surface area contributed by atoms with Gasteiger partial charge in [-0.1, -0.05) is 11.8 Å². The Balaban J connectivity index is 2.04. The molecule has 1 unspecified atom stereocenters. The Labute approximate surface area is 81.3 Å². The summed E-state index contributed by atoms with van der Waals surface area (Å²) in [5.74, 6) is 0. The molecule has 2 heterocycles. The van der Waals surface area contributed by atoms with Crippen LogP contribution in [-0.2, 0) is 4.74 Å². The molecule has 70 valence electrons. The van der Waals surface area contributed by atoms with E-state index in [-0.39, 0.29) is 0 Å². The van der Waals surface area contributed by atoms with Crippen LogP contribution < -0.4 is 4.73 Å². The maximum Gasteiger partial charge on any atom is 0.251 e. The van der Waals surface area contributed by atoms with Crippen molar-refractivity contribution < 1.29 is 9.47 Å². The first-order chi connectivity index (χ1) is 6.36. The summed E-state index contributed by atoms with van der Waals surface area (Å²) in [6.07, 6.45) is 2.57. The van der Waals surface area contributed by atoms with Crippen molar-refractivity contribution in [3.63, 3.8) is 0 Å². The van der Waals surface area contributed by atoms with Crippen LogP contribution in [0.5, 0.6) is 0 Å². The van der Waals surface area contributed by atoms with Gasteiger partial charge in [-0.25, -0.2) is 0 Å². The van der Waals surface area contributed by atoms with Crippen molar-refractivity contribution in [1.29, 1.82) is 0 Å². The van der Waals surface area contributed by atoms with Gasteiger partial charge in [-0.05, 0) is 12.5 Å². The van der Waals surface area contributed by atoms with Crippen molar-refractivity contribution in [2.24, 2.45) is 0 Å². The number of hydrogen-bond donors (Lipinski definition) is 0. The van der Waals surface area contributed by atoms with Crippen LogP contribution in [0.4, 0.5) is 0 Å². The van der Waals surface area contributed by atoms with Gasteiger partial charge in [-0.3, -0.25) is 0 Å². The van der Waals surface area contributed by atoms with E-state index in [1.807, 2.05) is 12.1 Å². The minimum Gasteiger partial charge on any atom is -0.618 e. The molecule has 0 N–H and O–H groups in total. The quantitative estimate of drug-likeness (QED) is 0.528. The van der Waals surface area contributed by atoms with E-state index < -0.39 is 0 Å². The van der Waals surface area contributed by atoms with Crippen LogP contribution in [-0.4, -0.2) is 18.5 Å². The summed E-state index contributed by atoms with van der Waals surface area (Å²) in [6.45, 7) is 1.59. The van der Waals surface area contributed by atoms with E-state index in [1.54, 1.807) is 17.8 Å². The number of aromatic nitrogens is 1. The van der Waals surface area contributed by atoms with Crippen LogP contribution >= 0.6 is 11.8 Å². The van der Waals surface area contributed by atoms with E-state index in [4.69, 9.17) is 4.74 Å². The first-order valence-corrected chi connectivity index (χ1v) is 5.17. The number of pyridine rings is 1. The molecule has 0 bridgehead atoms. The molecule has 0 spiro atoms. The minimum atomic E-state index is 0.447. The number of rotatable bonds is 2. The second kappa shape index (κ2) is 3.98. The van der Waals surface area contributed by atoms with Gasteiger partial charge in [0.25, 0.3) is 5.03 Å². The Kier molecular flexibility index (Phi) is 2.71. The van der Waals surface area contributed by atoms with E-state index in [1.165, 1.54) is 6.20 Å². The smallest absolute Gasteiger partial charge is 0.251 e. The van der Waals surface area contributed by atoms with Gasteiger partial charge in [0.05, 0.1) is 6.61 Å². The third-order valence-electron chi connectivity index (χ3n) is 1.96. The SMILES string of the molecule is [O-][n+]1ccccc1SC1CCOC1. The van der Waals surface area contributed by atoms with Crippen LogP contribution in [0, 0.1) is 5.21 Å². The van der Waals surface area contributed by atoms with Crippen molar-refractivity contribution >= 4 is 11.8 Å². The summed E-state index contributed by atoms with van der Waals surface area (Å²) in [5, 5.41) is 12.5. The van der Waals surface area contributed by atoms with Crippen molar-refractivity contribution in [2.75, 3.05) is 13.2 Å². The van der Waals surface area contributed by atoms with Crippen LogP contribution in [0.2, 0.25) is 0 Å². The van der Waals surface area contributed by atoms with Gasteiger partial charge < -0.3 is 9.94 Å². The molecule has 1 atom stereocenters. The topological polar surface area (TPSA) is 36.2 Å². The molecule has 13 heavy (non-hydrogen) atoms. The minimum absolute atomic E-state index is 0.447. The van der Waals surface area contributed by atoms with Gasteiger partial charge in [0, 0.05) is 24.0 Å². The molecule has 1 fully saturated rings. The second-order valence-electron chi connectivity index (χ2n) is 2.97. The largest absolute Gasteiger partial charge is 0.618 e. The summed E-state index contributed by atoms with van der Waals surface area (Å²) in [5.41, 5.74) is 0. The van der Waals surface area contributed by atoms with E-state index in [0.29, 0.717) is 5.25 Å². The van der Waals surface area contributed by atoms with E-state index in [2.05, 4.69) is 0 Å². The summed E-state index contributed by atoms with van der Waals surface area (Å²) >= 11 is 1.60.